The van der Waals surface area contributed by atoms with Crippen LogP contribution in [0.1, 0.15) is 16.2 Å². The number of aldehydes is 1. The number of halogens is 1. The second-order valence-electron chi connectivity index (χ2n) is 4.04. The summed E-state index contributed by atoms with van der Waals surface area (Å²) in [6.07, 6.45) is 0.642. The van der Waals surface area contributed by atoms with Crippen LogP contribution in [-0.4, -0.2) is 30.5 Å². The van der Waals surface area contributed by atoms with E-state index in [1.807, 2.05) is 0 Å². The van der Waals surface area contributed by atoms with E-state index in [2.05, 4.69) is 9.97 Å². The number of nitrogens with zero attached hydrogens (tertiary/aromatic N) is 2. The van der Waals surface area contributed by atoms with E-state index in [0.717, 1.165) is 0 Å². The summed E-state index contributed by atoms with van der Waals surface area (Å²) in [6.45, 7) is 1.71. The van der Waals surface area contributed by atoms with Crippen molar-refractivity contribution in [1.82, 2.24) is 9.97 Å². The summed E-state index contributed by atoms with van der Waals surface area (Å²) < 4.78 is 10.4. The molecule has 0 spiro atoms. The smallest absolute Gasteiger partial charge is 0.155 e. The molecule has 0 radical (unpaired) electrons. The Kier molecular flexibility index (Phi) is 4.20. The summed E-state index contributed by atoms with van der Waals surface area (Å²) in [7, 11) is 3.11. The molecule has 5 nitrogen and oxygen atoms in total. The van der Waals surface area contributed by atoms with E-state index in [1.54, 1.807) is 39.3 Å². The highest BCUT2D eigenvalue weighted by molar-refractivity contribution is 6.32. The molecule has 0 saturated carbocycles. The molecular weight excluding hydrogens is 280 g/mol. The summed E-state index contributed by atoms with van der Waals surface area (Å²) in [5.41, 5.74) is 1.37. The van der Waals surface area contributed by atoms with Crippen LogP contribution in [-0.2, 0) is 0 Å². The molecule has 0 amide bonds. The maximum atomic E-state index is 11.2. The maximum absolute atomic E-state index is 11.2. The zero-order chi connectivity index (χ0) is 14.7. The van der Waals surface area contributed by atoms with E-state index in [4.69, 9.17) is 21.1 Å². The summed E-state index contributed by atoms with van der Waals surface area (Å²) in [5.74, 6) is 1.68. The van der Waals surface area contributed by atoms with Gasteiger partial charge in [0.1, 0.15) is 22.5 Å². The van der Waals surface area contributed by atoms with Crippen molar-refractivity contribution >= 4 is 17.9 Å². The predicted octanol–water partition coefficient (Wildman–Crippen LogP) is 2.94. The molecule has 1 aromatic heterocycles. The van der Waals surface area contributed by atoms with Crippen LogP contribution >= 0.6 is 11.6 Å². The monoisotopic (exact) mass is 292 g/mol. The van der Waals surface area contributed by atoms with E-state index in [0.29, 0.717) is 34.9 Å². The number of hydrogen-bond acceptors (Lipinski definition) is 5. The van der Waals surface area contributed by atoms with Crippen LogP contribution in [0.5, 0.6) is 11.5 Å². The van der Waals surface area contributed by atoms with Crippen LogP contribution in [0.2, 0.25) is 5.15 Å². The Balaban J connectivity index is 2.70. The average molecular weight is 293 g/mol. The molecule has 2 aromatic rings. The Morgan fingerprint density at radius 2 is 1.70 bits per heavy atom. The second-order valence-corrected chi connectivity index (χ2v) is 4.40. The molecule has 1 heterocycles. The number of aryl methyl sites for hydroxylation is 1. The van der Waals surface area contributed by atoms with Crippen LogP contribution in [0.4, 0.5) is 0 Å². The van der Waals surface area contributed by atoms with Gasteiger partial charge < -0.3 is 9.47 Å². The van der Waals surface area contributed by atoms with Gasteiger partial charge in [-0.2, -0.15) is 0 Å². The van der Waals surface area contributed by atoms with Crippen LogP contribution in [0.15, 0.2) is 18.2 Å². The third-order valence-electron chi connectivity index (χ3n) is 2.75. The molecule has 1 aromatic carbocycles. The first-order valence-electron chi connectivity index (χ1n) is 5.81. The summed E-state index contributed by atoms with van der Waals surface area (Å²) in [4.78, 5) is 19.5. The molecule has 0 fully saturated rings. The van der Waals surface area contributed by atoms with Crippen LogP contribution in [0, 0.1) is 6.92 Å². The molecule has 2 rings (SSSR count). The zero-order valence-electron chi connectivity index (χ0n) is 11.3. The molecule has 0 bridgehead atoms. The number of carbonyl (C=O) groups is 1. The molecule has 0 aliphatic heterocycles. The number of benzene rings is 1. The zero-order valence-corrected chi connectivity index (χ0v) is 12.1. The van der Waals surface area contributed by atoms with Crippen molar-refractivity contribution in [2.24, 2.45) is 0 Å². The molecule has 0 N–H and O–H groups in total. The van der Waals surface area contributed by atoms with Crippen molar-refractivity contribution in [3.63, 3.8) is 0 Å². The highest BCUT2D eigenvalue weighted by Crippen LogP contribution is 2.31. The highest BCUT2D eigenvalue weighted by atomic mass is 35.5. The largest absolute Gasteiger partial charge is 0.497 e. The van der Waals surface area contributed by atoms with Crippen molar-refractivity contribution < 1.29 is 14.3 Å². The minimum atomic E-state index is 0.129. The molecule has 0 aliphatic carbocycles. The first-order valence-corrected chi connectivity index (χ1v) is 6.19. The molecule has 0 atom stereocenters. The number of hydrogen-bond donors (Lipinski definition) is 0. The summed E-state index contributed by atoms with van der Waals surface area (Å²) in [6, 6.07) is 5.25. The topological polar surface area (TPSA) is 61.3 Å². The Hall–Kier alpha value is -2.14. The van der Waals surface area contributed by atoms with E-state index < -0.39 is 0 Å². The van der Waals surface area contributed by atoms with Gasteiger partial charge in [0.2, 0.25) is 0 Å². The fourth-order valence-corrected chi connectivity index (χ4v) is 2.07. The Labute approximate surface area is 121 Å². The number of ether oxygens (including phenoxy) is 2. The fourth-order valence-electron chi connectivity index (χ4n) is 1.82. The Morgan fingerprint density at radius 1 is 1.10 bits per heavy atom. The average Bonchev–Trinajstić information content (AvgIpc) is 2.45. The van der Waals surface area contributed by atoms with Crippen LogP contribution in [0.25, 0.3) is 11.3 Å². The summed E-state index contributed by atoms with van der Waals surface area (Å²) in [5, 5.41) is 0.129. The summed E-state index contributed by atoms with van der Waals surface area (Å²) >= 11 is 5.99. The van der Waals surface area contributed by atoms with Gasteiger partial charge in [0.05, 0.1) is 25.5 Å². The molecule has 6 heteroatoms. The van der Waals surface area contributed by atoms with Crippen molar-refractivity contribution in [3.8, 4) is 22.8 Å². The van der Waals surface area contributed by atoms with Gasteiger partial charge in [0, 0.05) is 11.6 Å². The lowest BCUT2D eigenvalue weighted by Gasteiger charge is -2.10. The molecule has 104 valence electrons. The normalized spacial score (nSPS) is 10.2. The van der Waals surface area contributed by atoms with E-state index in [-0.39, 0.29) is 10.7 Å². The number of carbonyl (C=O) groups excluding carboxylic acids is 1. The molecule has 0 unspecified atom stereocenters. The van der Waals surface area contributed by atoms with Crippen molar-refractivity contribution in [2.45, 2.75) is 6.92 Å². The van der Waals surface area contributed by atoms with Gasteiger partial charge in [-0.25, -0.2) is 9.97 Å². The minimum absolute atomic E-state index is 0.129. The first kappa shape index (κ1) is 14.3. The Morgan fingerprint density at radius 3 is 2.20 bits per heavy atom. The van der Waals surface area contributed by atoms with Crippen LogP contribution < -0.4 is 9.47 Å². The SMILES string of the molecule is COc1cc(OC)cc(-c2nc(C)nc(Cl)c2C=O)c1. The van der Waals surface area contributed by atoms with E-state index >= 15 is 0 Å². The quantitative estimate of drug-likeness (QED) is 0.640. The van der Waals surface area contributed by atoms with Gasteiger partial charge in [0.25, 0.3) is 0 Å². The fraction of sp³-hybridized carbons (Fsp3) is 0.214. The van der Waals surface area contributed by atoms with Gasteiger partial charge >= 0.3 is 0 Å². The first-order chi connectivity index (χ1) is 9.58. The lowest BCUT2D eigenvalue weighted by molar-refractivity contribution is 0.112. The van der Waals surface area contributed by atoms with Gasteiger partial charge in [-0.15, -0.1) is 0 Å². The number of methoxy groups -OCH3 is 2. The lowest BCUT2D eigenvalue weighted by Crippen LogP contribution is -2.00. The molecule has 0 aliphatic rings. The van der Waals surface area contributed by atoms with E-state index in [1.165, 1.54) is 0 Å². The second kappa shape index (κ2) is 5.88. The maximum Gasteiger partial charge on any atom is 0.155 e. The Bertz CT molecular complexity index is 637. The number of rotatable bonds is 4. The molecule has 0 saturated heterocycles. The predicted molar refractivity (Wildman–Crippen MR) is 75.7 cm³/mol. The van der Waals surface area contributed by atoms with Gasteiger partial charge in [-0.3, -0.25) is 4.79 Å². The lowest BCUT2D eigenvalue weighted by atomic mass is 10.1. The standard InChI is InChI=1S/C14H13ClN2O3/c1-8-16-13(12(7-18)14(15)17-8)9-4-10(19-2)6-11(5-9)20-3/h4-7H,1-3H3. The van der Waals surface area contributed by atoms with Crippen molar-refractivity contribution in [3.05, 3.63) is 34.7 Å². The number of aromatic nitrogens is 2. The highest BCUT2D eigenvalue weighted by Gasteiger charge is 2.14. The van der Waals surface area contributed by atoms with E-state index in [9.17, 15) is 4.79 Å². The third-order valence-corrected chi connectivity index (χ3v) is 3.04. The molecular formula is C14H13ClN2O3. The third kappa shape index (κ3) is 2.72. The molecule has 20 heavy (non-hydrogen) atoms. The van der Waals surface area contributed by atoms with Crippen molar-refractivity contribution in [2.75, 3.05) is 14.2 Å². The van der Waals surface area contributed by atoms with Crippen molar-refractivity contribution in [1.29, 1.82) is 0 Å². The van der Waals surface area contributed by atoms with Crippen LogP contribution in [0.3, 0.4) is 0 Å². The van der Waals surface area contributed by atoms with Gasteiger partial charge in [-0.05, 0) is 19.1 Å². The van der Waals surface area contributed by atoms with Gasteiger partial charge in [-0.1, -0.05) is 11.6 Å². The van der Waals surface area contributed by atoms with Gasteiger partial charge in [0.15, 0.2) is 6.29 Å². The minimum Gasteiger partial charge on any atom is -0.497 e.